The van der Waals surface area contributed by atoms with E-state index in [1.807, 2.05) is 27.7 Å². The van der Waals surface area contributed by atoms with E-state index >= 15 is 0 Å². The lowest BCUT2D eigenvalue weighted by molar-refractivity contribution is -0.870. The molecule has 0 radical (unpaired) electrons. The summed E-state index contributed by atoms with van der Waals surface area (Å²) in [4.78, 5) is 11.8. The predicted molar refractivity (Wildman–Crippen MR) is 62.5 cm³/mol. The summed E-state index contributed by atoms with van der Waals surface area (Å²) in [5.41, 5.74) is -0.384. The van der Waals surface area contributed by atoms with E-state index in [-0.39, 0.29) is 11.4 Å². The van der Waals surface area contributed by atoms with Gasteiger partial charge in [0, 0.05) is 0 Å². The average molecular weight is 216 g/mol. The Morgan fingerprint density at radius 3 is 2.07 bits per heavy atom. The fraction of sp³-hybridized carbons (Fsp3) is 0.917. The van der Waals surface area contributed by atoms with Crippen molar-refractivity contribution in [3.63, 3.8) is 0 Å². The molecule has 0 amide bonds. The van der Waals surface area contributed by atoms with Gasteiger partial charge in [0.15, 0.2) is 0 Å². The number of nitrogens with zero attached hydrogens (tertiary/aromatic N) is 1. The molecular formula is C12H26NO2+. The monoisotopic (exact) mass is 216 g/mol. The van der Waals surface area contributed by atoms with Crippen LogP contribution in [-0.2, 0) is 9.53 Å². The van der Waals surface area contributed by atoms with Gasteiger partial charge in [-0.25, -0.2) is 0 Å². The molecule has 90 valence electrons. The molecular weight excluding hydrogens is 190 g/mol. The third-order valence-electron chi connectivity index (χ3n) is 2.96. The molecule has 0 aromatic rings. The number of carbonyl (C=O) groups excluding carboxylic acids is 1. The fourth-order valence-electron chi connectivity index (χ4n) is 0.834. The molecule has 0 aromatic carbocycles. The molecule has 0 N–H and O–H groups in total. The molecule has 0 aliphatic heterocycles. The van der Waals surface area contributed by atoms with Crippen molar-refractivity contribution in [3.05, 3.63) is 0 Å². The Balaban J connectivity index is 4.06. The molecule has 0 heterocycles. The first kappa shape index (κ1) is 14.4. The number of hydrogen-bond acceptors (Lipinski definition) is 2. The van der Waals surface area contributed by atoms with Gasteiger partial charge in [0.25, 0.3) is 0 Å². The summed E-state index contributed by atoms with van der Waals surface area (Å²) in [5, 5.41) is 0. The number of ether oxygens (including phenoxy) is 1. The van der Waals surface area contributed by atoms with Gasteiger partial charge in [-0.2, -0.15) is 0 Å². The maximum Gasteiger partial charge on any atom is 0.311 e. The first-order valence-electron chi connectivity index (χ1n) is 5.55. The smallest absolute Gasteiger partial charge is 0.311 e. The molecule has 0 atom stereocenters. The summed E-state index contributed by atoms with van der Waals surface area (Å²) in [6, 6.07) is 0. The first-order chi connectivity index (χ1) is 6.57. The van der Waals surface area contributed by atoms with E-state index in [2.05, 4.69) is 21.1 Å². The standard InChI is InChI=1S/C12H26NO2/c1-10(2)12(3,4)11(14)15-9-8-13(5,6)7/h10H,8-9H2,1-7H3/q+1. The maximum absolute atomic E-state index is 11.8. The van der Waals surface area contributed by atoms with E-state index in [9.17, 15) is 4.79 Å². The van der Waals surface area contributed by atoms with Crippen LogP contribution in [0.1, 0.15) is 27.7 Å². The quantitative estimate of drug-likeness (QED) is 0.518. The highest BCUT2D eigenvalue weighted by Crippen LogP contribution is 2.27. The van der Waals surface area contributed by atoms with Gasteiger partial charge in [-0.05, 0) is 19.8 Å². The van der Waals surface area contributed by atoms with Gasteiger partial charge < -0.3 is 9.22 Å². The lowest BCUT2D eigenvalue weighted by Gasteiger charge is -2.28. The van der Waals surface area contributed by atoms with Crippen molar-refractivity contribution < 1.29 is 14.0 Å². The van der Waals surface area contributed by atoms with Crippen LogP contribution in [0.4, 0.5) is 0 Å². The second-order valence-electron chi connectivity index (χ2n) is 6.03. The number of rotatable bonds is 5. The Morgan fingerprint density at radius 1 is 1.27 bits per heavy atom. The van der Waals surface area contributed by atoms with Crippen molar-refractivity contribution in [2.24, 2.45) is 11.3 Å². The van der Waals surface area contributed by atoms with Crippen LogP contribution in [0.25, 0.3) is 0 Å². The molecule has 15 heavy (non-hydrogen) atoms. The number of hydrogen-bond donors (Lipinski definition) is 0. The van der Waals surface area contributed by atoms with Crippen LogP contribution in [0.15, 0.2) is 0 Å². The second-order valence-corrected chi connectivity index (χ2v) is 6.03. The van der Waals surface area contributed by atoms with E-state index in [4.69, 9.17) is 4.74 Å². The molecule has 0 rings (SSSR count). The second kappa shape index (κ2) is 4.97. The van der Waals surface area contributed by atoms with Gasteiger partial charge in [0.1, 0.15) is 13.2 Å². The molecule has 3 nitrogen and oxygen atoms in total. The summed E-state index contributed by atoms with van der Waals surface area (Å²) < 4.78 is 6.10. The minimum absolute atomic E-state index is 0.0917. The molecule has 0 spiro atoms. The molecule has 0 saturated heterocycles. The van der Waals surface area contributed by atoms with Gasteiger partial charge in [0.2, 0.25) is 0 Å². The van der Waals surface area contributed by atoms with Crippen LogP contribution in [-0.4, -0.2) is 44.7 Å². The third-order valence-corrected chi connectivity index (χ3v) is 2.96. The largest absolute Gasteiger partial charge is 0.459 e. The summed E-state index contributed by atoms with van der Waals surface area (Å²) in [5.74, 6) is 0.208. The van der Waals surface area contributed by atoms with E-state index in [0.717, 1.165) is 11.0 Å². The lowest BCUT2D eigenvalue weighted by atomic mass is 9.81. The summed E-state index contributed by atoms with van der Waals surface area (Å²) >= 11 is 0. The minimum Gasteiger partial charge on any atom is -0.459 e. The van der Waals surface area contributed by atoms with Gasteiger partial charge >= 0.3 is 5.97 Å². The normalized spacial score (nSPS) is 13.1. The Labute approximate surface area is 94.0 Å². The van der Waals surface area contributed by atoms with E-state index < -0.39 is 0 Å². The number of quaternary nitrogens is 1. The molecule has 0 bridgehead atoms. The van der Waals surface area contributed by atoms with Crippen LogP contribution >= 0.6 is 0 Å². The van der Waals surface area contributed by atoms with E-state index in [0.29, 0.717) is 12.5 Å². The SMILES string of the molecule is CC(C)C(C)(C)C(=O)OCC[N+](C)(C)C. The molecule has 0 aliphatic carbocycles. The van der Waals surface area contributed by atoms with Gasteiger partial charge in [-0.3, -0.25) is 4.79 Å². The highest BCUT2D eigenvalue weighted by atomic mass is 16.5. The molecule has 3 heteroatoms. The Kier molecular flexibility index (Phi) is 4.78. The predicted octanol–water partition coefficient (Wildman–Crippen LogP) is 1.92. The van der Waals surface area contributed by atoms with Crippen LogP contribution < -0.4 is 0 Å². The lowest BCUT2D eigenvalue weighted by Crippen LogP contribution is -2.39. The van der Waals surface area contributed by atoms with E-state index in [1.165, 1.54) is 0 Å². The fourth-order valence-corrected chi connectivity index (χ4v) is 0.834. The highest BCUT2D eigenvalue weighted by Gasteiger charge is 2.32. The zero-order valence-electron chi connectivity index (χ0n) is 11.3. The van der Waals surface area contributed by atoms with Crippen molar-refractivity contribution in [3.8, 4) is 0 Å². The molecule has 0 saturated carbocycles. The molecule has 0 aliphatic rings. The molecule has 0 fully saturated rings. The van der Waals surface area contributed by atoms with Gasteiger partial charge in [-0.1, -0.05) is 13.8 Å². The topological polar surface area (TPSA) is 26.3 Å². The van der Waals surface area contributed by atoms with Crippen molar-refractivity contribution in [1.29, 1.82) is 0 Å². The Hall–Kier alpha value is -0.570. The molecule has 0 unspecified atom stereocenters. The van der Waals surface area contributed by atoms with Crippen molar-refractivity contribution in [1.82, 2.24) is 0 Å². The zero-order chi connectivity index (χ0) is 12.3. The number of likely N-dealkylation sites (N-methyl/N-ethyl adjacent to an activating group) is 1. The zero-order valence-corrected chi connectivity index (χ0v) is 11.3. The van der Waals surface area contributed by atoms with Crippen molar-refractivity contribution in [2.75, 3.05) is 34.3 Å². The van der Waals surface area contributed by atoms with Crippen LogP contribution in [0, 0.1) is 11.3 Å². The van der Waals surface area contributed by atoms with Crippen molar-refractivity contribution >= 4 is 5.97 Å². The summed E-state index contributed by atoms with van der Waals surface area (Å²) in [7, 11) is 6.25. The number of carbonyl (C=O) groups is 1. The van der Waals surface area contributed by atoms with Gasteiger partial charge in [0.05, 0.1) is 26.6 Å². The van der Waals surface area contributed by atoms with Crippen LogP contribution in [0.2, 0.25) is 0 Å². The Bertz CT molecular complexity index is 214. The third kappa shape index (κ3) is 5.17. The average Bonchev–Trinajstić information content (AvgIpc) is 2.01. The molecule has 0 aromatic heterocycles. The van der Waals surface area contributed by atoms with Crippen LogP contribution in [0.5, 0.6) is 0 Å². The summed E-state index contributed by atoms with van der Waals surface area (Å²) in [6.07, 6.45) is 0. The first-order valence-corrected chi connectivity index (χ1v) is 5.55. The summed E-state index contributed by atoms with van der Waals surface area (Å²) in [6.45, 7) is 9.30. The minimum atomic E-state index is -0.384. The van der Waals surface area contributed by atoms with Crippen molar-refractivity contribution in [2.45, 2.75) is 27.7 Å². The highest BCUT2D eigenvalue weighted by molar-refractivity contribution is 5.76. The maximum atomic E-state index is 11.8. The van der Waals surface area contributed by atoms with Crippen LogP contribution in [0.3, 0.4) is 0 Å². The van der Waals surface area contributed by atoms with E-state index in [1.54, 1.807) is 0 Å². The van der Waals surface area contributed by atoms with Gasteiger partial charge in [-0.15, -0.1) is 0 Å². The number of esters is 1. The Morgan fingerprint density at radius 2 is 1.73 bits per heavy atom.